The summed E-state index contributed by atoms with van der Waals surface area (Å²) < 4.78 is 0. The first-order chi connectivity index (χ1) is 41.6. The summed E-state index contributed by atoms with van der Waals surface area (Å²) in [5.74, 6) is 0. The molecule has 84 heavy (non-hydrogen) atoms. The van der Waals surface area contributed by atoms with Crippen LogP contribution in [0.3, 0.4) is 0 Å². The largest absolute Gasteiger partial charge is 0.354 e. The number of nitrogens with one attached hydrogen (secondary N) is 4. The van der Waals surface area contributed by atoms with E-state index in [-0.39, 0.29) is 0 Å². The number of nitrogens with zero attached hydrogens (tertiary/aromatic N) is 4. The normalized spacial score (nSPS) is 12.3. The number of aromatic amines is 4. The van der Waals surface area contributed by atoms with Gasteiger partial charge in [-0.3, -0.25) is 0 Å². The molecule has 0 aliphatic carbocycles. The molecule has 6 aromatic carbocycles. The molecule has 0 fully saturated rings. The molecule has 4 aliphatic heterocycles. The van der Waals surface area contributed by atoms with Crippen molar-refractivity contribution >= 4 is 92.7 Å². The first-order valence-electron chi connectivity index (χ1n) is 28.3. The molecule has 0 atom stereocenters. The number of hydrogen-bond donors (Lipinski definition) is 4. The fourth-order valence-corrected chi connectivity index (χ4v) is 12.4. The molecule has 10 heterocycles. The second-order valence-corrected chi connectivity index (χ2v) is 21.2. The van der Waals surface area contributed by atoms with Gasteiger partial charge in [0.2, 0.25) is 0 Å². The van der Waals surface area contributed by atoms with Crippen molar-refractivity contribution in [1.82, 2.24) is 39.9 Å². The lowest BCUT2D eigenvalue weighted by atomic mass is 9.98. The summed E-state index contributed by atoms with van der Waals surface area (Å²) in [5.41, 5.74) is 27.9. The summed E-state index contributed by atoms with van der Waals surface area (Å²) in [5, 5.41) is 0. The molecule has 16 bridgehead atoms. The Morgan fingerprint density at radius 2 is 0.476 bits per heavy atom. The third kappa shape index (κ3) is 8.56. The van der Waals surface area contributed by atoms with Crippen LogP contribution in [0.2, 0.25) is 0 Å². The molecule has 0 unspecified atom stereocenters. The molecule has 12 aromatic rings. The Balaban J connectivity index is 1.08. The predicted octanol–water partition coefficient (Wildman–Crippen LogP) is 19.3. The van der Waals surface area contributed by atoms with Crippen LogP contribution in [0.4, 0.5) is 0 Å². The van der Waals surface area contributed by atoms with Gasteiger partial charge in [-0.05, 0) is 131 Å². The average molecular weight is 1080 g/mol. The van der Waals surface area contributed by atoms with Gasteiger partial charge in [-0.1, -0.05) is 182 Å². The number of fused-ring (bicyclic) bond motifs is 16. The maximum Gasteiger partial charge on any atom is 0.0738 e. The fourth-order valence-electron chi connectivity index (χ4n) is 12.4. The molecule has 0 radical (unpaired) electrons. The van der Waals surface area contributed by atoms with Gasteiger partial charge in [-0.25, -0.2) is 19.9 Å². The van der Waals surface area contributed by atoms with Gasteiger partial charge in [0, 0.05) is 83.1 Å². The number of rotatable bonds is 7. The van der Waals surface area contributed by atoms with E-state index in [0.29, 0.717) is 0 Å². The Kier molecular flexibility index (Phi) is 11.7. The lowest BCUT2D eigenvalue weighted by Gasteiger charge is -2.09. The zero-order valence-electron chi connectivity index (χ0n) is 45.3. The highest BCUT2D eigenvalue weighted by molar-refractivity contribution is 6.07. The van der Waals surface area contributed by atoms with E-state index in [1.165, 1.54) is 0 Å². The van der Waals surface area contributed by atoms with E-state index in [1.54, 1.807) is 0 Å². The molecule has 0 spiro atoms. The van der Waals surface area contributed by atoms with Crippen LogP contribution in [0.15, 0.2) is 231 Å². The average Bonchev–Trinajstić information content (AvgIpc) is 2.99. The molecule has 0 amide bonds. The van der Waals surface area contributed by atoms with Crippen LogP contribution in [0.1, 0.15) is 45.6 Å². The SMILES string of the molecule is C1=Cc2nc1cc1cc(-c3c4nc(c(-c5ccccc5)c5ccc([nH]5)c(-c5ccccc5)c5nc(c(-c6ccccc6)c6ccc3[nH]6)C=C5)C=C4)c([nH]1)c(-c1ccccc1)c1nc(c(-c3ccccc3)c3ccc([nH]3)c2-c2ccccc2)C=C1. The van der Waals surface area contributed by atoms with Crippen molar-refractivity contribution in [3.63, 3.8) is 0 Å². The van der Waals surface area contributed by atoms with Gasteiger partial charge < -0.3 is 19.9 Å². The van der Waals surface area contributed by atoms with Crippen LogP contribution < -0.4 is 0 Å². The van der Waals surface area contributed by atoms with Crippen LogP contribution in [0.5, 0.6) is 0 Å². The van der Waals surface area contributed by atoms with Gasteiger partial charge in [0.15, 0.2) is 0 Å². The van der Waals surface area contributed by atoms with Crippen LogP contribution >= 0.6 is 0 Å². The lowest BCUT2D eigenvalue weighted by molar-refractivity contribution is 1.31. The van der Waals surface area contributed by atoms with Gasteiger partial charge in [-0.15, -0.1) is 0 Å². The van der Waals surface area contributed by atoms with Crippen LogP contribution in [-0.2, 0) is 0 Å². The number of benzene rings is 6. The standard InChI is InChI=1S/C76H50N8/c1-7-19-47(20-8-1)69-56-32-31-53(77-56)45-54-46-55(76(78-54)74(52-29-17-6-18-30-52)66-42-39-63(82-66)71(49-23-11-3-12-24-49)60-34-33-57(69)79-60)75-67-43-40-64(83-67)72(50-25-13-4-14-26-50)61-37-35-58(80-61)70(48-21-9-2-10-22-48)59-36-38-62(81-59)73(51-27-15-5-16-28-51)65-41-44-68(75)84-65/h1-46,78-80,84H. The summed E-state index contributed by atoms with van der Waals surface area (Å²) in [6, 6.07) is 80.7. The smallest absolute Gasteiger partial charge is 0.0738 e. The molecule has 8 nitrogen and oxygen atoms in total. The summed E-state index contributed by atoms with van der Waals surface area (Å²) >= 11 is 0. The van der Waals surface area contributed by atoms with Crippen molar-refractivity contribution in [1.29, 1.82) is 0 Å². The van der Waals surface area contributed by atoms with E-state index in [0.717, 1.165) is 168 Å². The summed E-state index contributed by atoms with van der Waals surface area (Å²) in [4.78, 5) is 38.2. The highest BCUT2D eigenvalue weighted by atomic mass is 14.8. The van der Waals surface area contributed by atoms with Crippen molar-refractivity contribution < 1.29 is 0 Å². The third-order valence-electron chi connectivity index (χ3n) is 16.1. The Morgan fingerprint density at radius 3 is 0.810 bits per heavy atom. The second-order valence-electron chi connectivity index (χ2n) is 21.2. The van der Waals surface area contributed by atoms with E-state index >= 15 is 0 Å². The fraction of sp³-hybridized carbons (Fsp3) is 0. The summed E-state index contributed by atoms with van der Waals surface area (Å²) in [7, 11) is 0. The van der Waals surface area contributed by atoms with Crippen LogP contribution in [0, 0.1) is 0 Å². The molecule has 16 rings (SSSR count). The van der Waals surface area contributed by atoms with E-state index < -0.39 is 0 Å². The van der Waals surface area contributed by atoms with Gasteiger partial charge in [0.05, 0.1) is 51.1 Å². The molecule has 4 N–H and O–H groups in total. The number of hydrogen-bond acceptors (Lipinski definition) is 4. The van der Waals surface area contributed by atoms with Crippen molar-refractivity contribution in [3.05, 3.63) is 276 Å². The van der Waals surface area contributed by atoms with Crippen molar-refractivity contribution in [3.8, 4) is 77.9 Å². The van der Waals surface area contributed by atoms with Gasteiger partial charge in [0.1, 0.15) is 0 Å². The lowest BCUT2D eigenvalue weighted by Crippen LogP contribution is -1.91. The predicted molar refractivity (Wildman–Crippen MR) is 349 cm³/mol. The highest BCUT2D eigenvalue weighted by Gasteiger charge is 2.24. The summed E-state index contributed by atoms with van der Waals surface area (Å²) in [6.07, 6.45) is 17.2. The van der Waals surface area contributed by atoms with Crippen LogP contribution in [0.25, 0.3) is 171 Å². The first-order valence-corrected chi connectivity index (χ1v) is 28.3. The monoisotopic (exact) mass is 1070 g/mol. The van der Waals surface area contributed by atoms with Crippen LogP contribution in [-0.4, -0.2) is 39.9 Å². The topological polar surface area (TPSA) is 115 Å². The van der Waals surface area contributed by atoms with E-state index in [2.05, 4.69) is 299 Å². The summed E-state index contributed by atoms with van der Waals surface area (Å²) in [6.45, 7) is 0. The molecule has 8 heteroatoms. The quantitative estimate of drug-likeness (QED) is 0.127. The maximum atomic E-state index is 5.75. The van der Waals surface area contributed by atoms with Crippen molar-refractivity contribution in [2.24, 2.45) is 0 Å². The van der Waals surface area contributed by atoms with Gasteiger partial charge in [-0.2, -0.15) is 0 Å². The Morgan fingerprint density at radius 1 is 0.214 bits per heavy atom. The first kappa shape index (κ1) is 48.4. The Hall–Kier alpha value is -11.5. The van der Waals surface area contributed by atoms with E-state index in [1.807, 2.05) is 0 Å². The molecule has 0 saturated carbocycles. The van der Waals surface area contributed by atoms with Gasteiger partial charge >= 0.3 is 0 Å². The second kappa shape index (κ2) is 20.3. The highest BCUT2D eigenvalue weighted by Crippen LogP contribution is 2.44. The van der Waals surface area contributed by atoms with Crippen molar-refractivity contribution in [2.45, 2.75) is 0 Å². The molecular weight excluding hydrogens is 1020 g/mol. The minimum Gasteiger partial charge on any atom is -0.354 e. The zero-order chi connectivity index (χ0) is 55.5. The minimum absolute atomic E-state index is 0.788. The number of H-pyrrole nitrogens is 4. The molecule has 0 saturated heterocycles. The maximum absolute atomic E-state index is 5.75. The minimum atomic E-state index is 0.788. The van der Waals surface area contributed by atoms with Gasteiger partial charge in [0.25, 0.3) is 0 Å². The van der Waals surface area contributed by atoms with E-state index in [9.17, 15) is 0 Å². The molecule has 394 valence electrons. The number of aromatic nitrogens is 8. The molecule has 4 aliphatic rings. The Bertz CT molecular complexity index is 5050. The Labute approximate surface area is 484 Å². The third-order valence-corrected chi connectivity index (χ3v) is 16.1. The zero-order valence-corrected chi connectivity index (χ0v) is 45.3. The molecular formula is C76H50N8. The van der Waals surface area contributed by atoms with E-state index in [4.69, 9.17) is 19.9 Å². The van der Waals surface area contributed by atoms with Crippen molar-refractivity contribution in [2.75, 3.05) is 0 Å². The molecule has 6 aromatic heterocycles.